The van der Waals surface area contributed by atoms with Gasteiger partial charge in [0.15, 0.2) is 10.5 Å². The van der Waals surface area contributed by atoms with Gasteiger partial charge in [-0.15, -0.1) is 0 Å². The van der Waals surface area contributed by atoms with Crippen LogP contribution in [0.15, 0.2) is 93.2 Å². The second-order valence-corrected chi connectivity index (χ2v) is 16.8. The fourth-order valence-corrected chi connectivity index (χ4v) is 7.92. The summed E-state index contributed by atoms with van der Waals surface area (Å²) in [5.41, 5.74) is 4.90. The Balaban J connectivity index is 1.18. The number of hydrazone groups is 1. The molecular weight excluding hydrogens is 778 g/mol. The molecule has 0 aromatic heterocycles. The molecule has 3 aromatic carbocycles. The molecule has 1 aliphatic heterocycles. The Kier molecular flexibility index (Phi) is 12.6. The van der Waals surface area contributed by atoms with Crippen molar-refractivity contribution in [2.24, 2.45) is 5.10 Å². The van der Waals surface area contributed by atoms with E-state index < -0.39 is 32.7 Å². The van der Waals surface area contributed by atoms with Gasteiger partial charge in [-0.1, -0.05) is 18.2 Å². The van der Waals surface area contributed by atoms with Crippen molar-refractivity contribution in [1.82, 2.24) is 10.3 Å². The van der Waals surface area contributed by atoms with Gasteiger partial charge in [-0.3, -0.25) is 19.4 Å². The summed E-state index contributed by atoms with van der Waals surface area (Å²) in [6.07, 6.45) is 1.07. The molecule has 3 aromatic rings. The maximum atomic E-state index is 12.5. The predicted molar refractivity (Wildman–Crippen MR) is 208 cm³/mol. The maximum absolute atomic E-state index is 12.5. The zero-order chi connectivity index (χ0) is 40.1. The van der Waals surface area contributed by atoms with E-state index in [1.807, 2.05) is 0 Å². The molecule has 0 saturated carbocycles. The number of phenolic OH excluding ortho intramolecular Hbond substituents is 1. The van der Waals surface area contributed by atoms with Gasteiger partial charge in [0.25, 0.3) is 5.08 Å². The van der Waals surface area contributed by atoms with E-state index in [0.29, 0.717) is 52.0 Å². The van der Waals surface area contributed by atoms with Crippen LogP contribution in [0.4, 0.5) is 5.69 Å². The Bertz CT molecular complexity index is 2370. The van der Waals surface area contributed by atoms with Crippen molar-refractivity contribution < 1.29 is 58.0 Å². The maximum Gasteiger partial charge on any atom is 0.369 e. The minimum Gasteiger partial charge on any atom is -0.508 e. The predicted octanol–water partition coefficient (Wildman–Crippen LogP) is 4.38. The van der Waals surface area contributed by atoms with Gasteiger partial charge in [-0.05, 0) is 85.3 Å². The first-order valence-corrected chi connectivity index (χ1v) is 19.9. The number of nitrogens with one attached hydrogen (secondary N) is 2. The first-order valence-electron chi connectivity index (χ1n) is 16.3. The molecule has 0 radical (unpaired) electrons. The first-order chi connectivity index (χ1) is 25.9. The number of nitrogens with zero attached hydrogens (tertiary/aromatic N) is 2. The first kappa shape index (κ1) is 41.2. The molecule has 0 spiro atoms. The molecule has 0 atom stereocenters. The van der Waals surface area contributed by atoms with Crippen molar-refractivity contribution in [3.63, 3.8) is 0 Å². The molecule has 0 bridgehead atoms. The number of anilines is 1. The van der Waals surface area contributed by atoms with E-state index in [0.717, 1.165) is 0 Å². The van der Waals surface area contributed by atoms with Gasteiger partial charge in [0, 0.05) is 53.8 Å². The lowest BCUT2D eigenvalue weighted by atomic mass is 9.90. The molecule has 1 aliphatic carbocycles. The highest BCUT2D eigenvalue weighted by molar-refractivity contribution is 7.80. The number of fused-ring (bicyclic) bond motifs is 2. The van der Waals surface area contributed by atoms with Crippen molar-refractivity contribution in [2.75, 3.05) is 32.1 Å². The van der Waals surface area contributed by atoms with E-state index in [1.54, 1.807) is 60.5 Å². The van der Waals surface area contributed by atoms with Gasteiger partial charge in [0.2, 0.25) is 0 Å². The molecule has 1 heterocycles. The molecule has 290 valence electrons. The molecule has 55 heavy (non-hydrogen) atoms. The standard InChI is InChI=1S/C35H36N4O13P2S/c1-39(14-12-35(44,53(45,46)47)54(48,49)50)13-3-15-51-25-5-2-4-21(16-25)20-36-38-34(55)37-22-6-9-26(29(17-22)33(42)43)32-27-10-7-23(40)18-30(27)52-31-19-24(41)8-11-28(31)32/h2,4-11,16-20,40,44H,3,12-15H2,1H3,(H,42,43)(H2,37,38,55)(H2,45,46,47)(H2,48,49,50)/b36-20+. The molecule has 20 heteroatoms. The van der Waals surface area contributed by atoms with Crippen LogP contribution in [0.2, 0.25) is 0 Å². The molecule has 9 N–H and O–H groups in total. The summed E-state index contributed by atoms with van der Waals surface area (Å²) in [5.74, 6) is -0.559. The number of aromatic carboxylic acids is 1. The average molecular weight is 815 g/mol. The van der Waals surface area contributed by atoms with Crippen LogP contribution in [-0.4, -0.2) is 88.9 Å². The fourth-order valence-electron chi connectivity index (χ4n) is 5.61. The average Bonchev–Trinajstić information content (AvgIpc) is 3.10. The fraction of sp³-hybridized carbons (Fsp3) is 0.200. The Morgan fingerprint density at radius 1 is 0.982 bits per heavy atom. The SMILES string of the molecule is CN(CCCOc1cccc(/C=N/NC(=S)Nc2ccc(-c3c4ccc(=O)cc-4oc4cc(O)ccc34)c(C(=O)O)c2)c1)CCC(O)(P(=O)(O)O)P(=O)(O)O. The molecule has 17 nitrogen and oxygen atoms in total. The van der Waals surface area contributed by atoms with Crippen LogP contribution >= 0.6 is 27.4 Å². The van der Waals surface area contributed by atoms with E-state index in [-0.39, 0.29) is 46.3 Å². The van der Waals surface area contributed by atoms with E-state index >= 15 is 0 Å². The van der Waals surface area contributed by atoms with Gasteiger partial charge in [0.1, 0.15) is 22.8 Å². The number of rotatable bonds is 15. The van der Waals surface area contributed by atoms with Gasteiger partial charge in [0.05, 0.1) is 18.4 Å². The summed E-state index contributed by atoms with van der Waals surface area (Å²) < 4.78 is 34.7. The summed E-state index contributed by atoms with van der Waals surface area (Å²) >= 11 is 5.36. The highest BCUT2D eigenvalue weighted by atomic mass is 32.1. The largest absolute Gasteiger partial charge is 0.508 e. The third-order valence-electron chi connectivity index (χ3n) is 8.41. The molecule has 0 fully saturated rings. The van der Waals surface area contributed by atoms with Gasteiger partial charge in [-0.2, -0.15) is 5.10 Å². The highest BCUT2D eigenvalue weighted by Gasteiger charge is 2.58. The van der Waals surface area contributed by atoms with Crippen LogP contribution in [0.1, 0.15) is 28.8 Å². The van der Waals surface area contributed by atoms with Crippen molar-refractivity contribution >= 4 is 61.4 Å². The van der Waals surface area contributed by atoms with Gasteiger partial charge in [-0.25, -0.2) is 4.79 Å². The third-order valence-corrected chi connectivity index (χ3v) is 12.5. The van der Waals surface area contributed by atoms with Crippen LogP contribution in [0.25, 0.3) is 33.4 Å². The normalized spacial score (nSPS) is 12.4. The Morgan fingerprint density at radius 3 is 2.42 bits per heavy atom. The van der Waals surface area contributed by atoms with Crippen molar-refractivity contribution in [3.8, 4) is 33.9 Å². The highest BCUT2D eigenvalue weighted by Crippen LogP contribution is 2.68. The van der Waals surface area contributed by atoms with Gasteiger partial charge >= 0.3 is 21.2 Å². The minimum atomic E-state index is -5.52. The number of benzene rings is 4. The number of carbonyl (C=O) groups is 1. The van der Waals surface area contributed by atoms with E-state index in [1.165, 1.54) is 36.5 Å². The molecular formula is C35H36N4O13P2S. The number of aromatic hydroxyl groups is 1. The molecule has 2 aliphatic rings. The Morgan fingerprint density at radius 2 is 1.71 bits per heavy atom. The van der Waals surface area contributed by atoms with Crippen molar-refractivity contribution in [2.45, 2.75) is 17.9 Å². The van der Waals surface area contributed by atoms with Crippen LogP contribution in [0, 0.1) is 0 Å². The molecule has 0 unspecified atom stereocenters. The van der Waals surface area contributed by atoms with Gasteiger partial charge < -0.3 is 54.3 Å². The van der Waals surface area contributed by atoms with Crippen molar-refractivity contribution in [1.29, 1.82) is 0 Å². The van der Waals surface area contributed by atoms with E-state index in [2.05, 4.69) is 15.8 Å². The number of carboxylic acid groups (broad SMARTS) is 1. The molecule has 0 amide bonds. The van der Waals surface area contributed by atoms with E-state index in [4.69, 9.17) is 21.4 Å². The second-order valence-electron chi connectivity index (χ2n) is 12.4. The number of aliphatic hydroxyl groups is 1. The van der Waals surface area contributed by atoms with Crippen molar-refractivity contribution in [3.05, 3.63) is 100 Å². The Hall–Kier alpha value is -5.00. The summed E-state index contributed by atoms with van der Waals surface area (Å²) in [6.45, 7) is 0.355. The monoisotopic (exact) mass is 814 g/mol. The van der Waals surface area contributed by atoms with Crippen LogP contribution < -0.4 is 20.9 Å². The lowest BCUT2D eigenvalue weighted by Gasteiger charge is -2.30. The lowest BCUT2D eigenvalue weighted by molar-refractivity contribution is 0.0697. The number of ether oxygens (including phenoxy) is 1. The summed E-state index contributed by atoms with van der Waals surface area (Å²) in [5, 5.41) is 34.5. The number of hydrogen-bond acceptors (Lipinski definition) is 11. The third kappa shape index (κ3) is 9.82. The molecule has 5 rings (SSSR count). The van der Waals surface area contributed by atoms with Crippen LogP contribution in [0.3, 0.4) is 0 Å². The quantitative estimate of drug-likeness (QED) is 0.0177. The second kappa shape index (κ2) is 16.8. The van der Waals surface area contributed by atoms with Crippen LogP contribution in [0.5, 0.6) is 11.5 Å². The topological polar surface area (TPSA) is 272 Å². The summed E-state index contributed by atoms with van der Waals surface area (Å²) in [4.78, 5) is 63.3. The number of thiocarbonyl (C=S) groups is 1. The number of hydrogen-bond donors (Lipinski definition) is 9. The smallest absolute Gasteiger partial charge is 0.369 e. The number of phenols is 1. The van der Waals surface area contributed by atoms with E-state index in [9.17, 15) is 53.6 Å². The Labute approximate surface area is 318 Å². The summed E-state index contributed by atoms with van der Waals surface area (Å²) in [6, 6.07) is 20.2. The summed E-state index contributed by atoms with van der Waals surface area (Å²) in [7, 11) is -9.48. The zero-order valence-corrected chi connectivity index (χ0v) is 31.5. The van der Waals surface area contributed by atoms with Crippen LogP contribution in [-0.2, 0) is 9.13 Å². The zero-order valence-electron chi connectivity index (χ0n) is 28.9. The lowest BCUT2D eigenvalue weighted by Crippen LogP contribution is -2.34. The minimum absolute atomic E-state index is 0.0600. The number of carboxylic acids is 1. The molecule has 0 saturated heterocycles.